The Kier molecular flexibility index (Phi) is 4.52. The molecule has 1 aliphatic carbocycles. The molecule has 166 valence electrons. The second-order valence-electron chi connectivity index (χ2n) is 9.09. The van der Waals surface area contributed by atoms with E-state index in [2.05, 4.69) is 48.3 Å². The Hall–Kier alpha value is -3.64. The van der Waals surface area contributed by atoms with E-state index in [1.54, 1.807) is 0 Å². The van der Waals surface area contributed by atoms with E-state index >= 15 is 0 Å². The topological polar surface area (TPSA) is 67.6 Å². The first-order valence-electron chi connectivity index (χ1n) is 11.3. The van der Waals surface area contributed by atoms with Gasteiger partial charge in [0.25, 0.3) is 0 Å². The van der Waals surface area contributed by atoms with Gasteiger partial charge >= 0.3 is 0 Å². The van der Waals surface area contributed by atoms with E-state index < -0.39 is 0 Å². The average molecular weight is 440 g/mol. The number of nitrogens with one attached hydrogen (secondary N) is 1. The van der Waals surface area contributed by atoms with Crippen LogP contribution in [0.15, 0.2) is 59.1 Å². The zero-order chi connectivity index (χ0) is 22.7. The number of carbonyl (C=O) groups is 1. The lowest BCUT2D eigenvalue weighted by atomic mass is 9.86. The highest BCUT2D eigenvalue weighted by molar-refractivity contribution is 6.28. The number of aromatic nitrogens is 1. The largest absolute Gasteiger partial charge is 0.372 e. The first-order chi connectivity index (χ1) is 16.0. The molecule has 2 atom stereocenters. The Labute approximate surface area is 192 Å². The highest BCUT2D eigenvalue weighted by Crippen LogP contribution is 2.46. The van der Waals surface area contributed by atoms with Gasteiger partial charge in [-0.1, -0.05) is 41.6 Å². The lowest BCUT2D eigenvalue weighted by molar-refractivity contribution is -0.00515. The van der Waals surface area contributed by atoms with E-state index in [9.17, 15) is 4.79 Å². The SMILES string of the molecule is Cc1cccc(Nc2cc(N3CC(C)OC(C)C3)c3noc4c3c2C(=O)c2ccccc2-4)c1. The summed E-state index contributed by atoms with van der Waals surface area (Å²) in [5.74, 6) is 0.635. The standard InChI is InChI=1S/C27H25N3O3/c1-15-7-6-8-18(11-15)28-21-12-22(30-13-16(2)32-17(3)14-30)25-24-23(21)26(31)19-9-4-5-10-20(19)27(24)33-29-25/h4-12,16-17,28H,13-14H2,1-3H3. The molecule has 2 unspecified atom stereocenters. The van der Waals surface area contributed by atoms with E-state index in [0.717, 1.165) is 52.2 Å². The second kappa shape index (κ2) is 7.46. The van der Waals surface area contributed by atoms with Crippen molar-refractivity contribution >= 4 is 33.7 Å². The number of fused-ring (bicyclic) bond motifs is 2. The normalized spacial score (nSPS) is 19.6. The Balaban J connectivity index is 1.61. The van der Waals surface area contributed by atoms with Crippen LogP contribution in [0.25, 0.3) is 22.2 Å². The van der Waals surface area contributed by atoms with Crippen LogP contribution in [-0.2, 0) is 4.74 Å². The monoisotopic (exact) mass is 439 g/mol. The number of ether oxygens (including phenoxy) is 1. The number of hydrogen-bond acceptors (Lipinski definition) is 6. The van der Waals surface area contributed by atoms with Crippen LogP contribution in [0, 0.1) is 6.92 Å². The fourth-order valence-corrected chi connectivity index (χ4v) is 5.13. The van der Waals surface area contributed by atoms with Gasteiger partial charge in [-0.3, -0.25) is 4.79 Å². The molecular formula is C27H25N3O3. The molecule has 2 heterocycles. The highest BCUT2D eigenvalue weighted by atomic mass is 16.5. The van der Waals surface area contributed by atoms with Crippen molar-refractivity contribution in [3.63, 3.8) is 0 Å². The summed E-state index contributed by atoms with van der Waals surface area (Å²) in [5, 5.41) is 8.77. The summed E-state index contributed by atoms with van der Waals surface area (Å²) in [5.41, 5.74) is 6.56. The van der Waals surface area contributed by atoms with Crippen molar-refractivity contribution in [2.75, 3.05) is 23.3 Å². The third kappa shape index (κ3) is 3.21. The van der Waals surface area contributed by atoms with Gasteiger partial charge in [0, 0.05) is 29.9 Å². The first-order valence-corrected chi connectivity index (χ1v) is 11.3. The summed E-state index contributed by atoms with van der Waals surface area (Å²) in [6, 6.07) is 17.8. The van der Waals surface area contributed by atoms with E-state index in [1.807, 2.05) is 42.5 Å². The van der Waals surface area contributed by atoms with Crippen LogP contribution in [0.1, 0.15) is 35.3 Å². The van der Waals surface area contributed by atoms with Crippen molar-refractivity contribution < 1.29 is 14.1 Å². The van der Waals surface area contributed by atoms with Gasteiger partial charge < -0.3 is 19.5 Å². The Bertz CT molecular complexity index is 1400. The number of carbonyl (C=O) groups excluding carboxylic acids is 1. The molecule has 0 saturated carbocycles. The van der Waals surface area contributed by atoms with Crippen LogP contribution in [-0.4, -0.2) is 36.2 Å². The zero-order valence-corrected chi connectivity index (χ0v) is 18.9. The smallest absolute Gasteiger partial charge is 0.196 e. The van der Waals surface area contributed by atoms with Crippen LogP contribution in [0.3, 0.4) is 0 Å². The van der Waals surface area contributed by atoms with Crippen molar-refractivity contribution in [3.8, 4) is 11.3 Å². The molecule has 4 aromatic rings. The van der Waals surface area contributed by atoms with Gasteiger partial charge in [0.2, 0.25) is 0 Å². The second-order valence-corrected chi connectivity index (χ2v) is 9.09. The third-order valence-electron chi connectivity index (χ3n) is 6.44. The molecule has 6 rings (SSSR count). The minimum Gasteiger partial charge on any atom is -0.372 e. The molecule has 3 aromatic carbocycles. The molecular weight excluding hydrogens is 414 g/mol. The van der Waals surface area contributed by atoms with Crippen LogP contribution in [0.5, 0.6) is 0 Å². The Morgan fingerprint density at radius 3 is 2.52 bits per heavy atom. The third-order valence-corrected chi connectivity index (χ3v) is 6.44. The molecule has 0 bridgehead atoms. The lowest BCUT2D eigenvalue weighted by Crippen LogP contribution is -2.45. The van der Waals surface area contributed by atoms with Crippen molar-refractivity contribution in [1.29, 1.82) is 0 Å². The number of benzene rings is 3. The zero-order valence-electron chi connectivity index (χ0n) is 18.9. The van der Waals surface area contributed by atoms with Crippen LogP contribution < -0.4 is 10.2 Å². The number of nitrogens with zero attached hydrogens (tertiary/aromatic N) is 2. The van der Waals surface area contributed by atoms with Crippen LogP contribution in [0.4, 0.5) is 17.1 Å². The number of ketones is 1. The predicted molar refractivity (Wildman–Crippen MR) is 130 cm³/mol. The Morgan fingerprint density at radius 2 is 1.76 bits per heavy atom. The summed E-state index contributed by atoms with van der Waals surface area (Å²) in [7, 11) is 0. The number of aryl methyl sites for hydroxylation is 1. The summed E-state index contributed by atoms with van der Waals surface area (Å²) in [6.45, 7) is 7.71. The van der Waals surface area contributed by atoms with Crippen LogP contribution >= 0.6 is 0 Å². The van der Waals surface area contributed by atoms with E-state index in [4.69, 9.17) is 9.26 Å². The summed E-state index contributed by atoms with van der Waals surface area (Å²) < 4.78 is 11.9. The minimum atomic E-state index is -0.0169. The van der Waals surface area contributed by atoms with Crippen molar-refractivity contribution in [2.45, 2.75) is 33.0 Å². The van der Waals surface area contributed by atoms with E-state index in [1.165, 1.54) is 0 Å². The van der Waals surface area contributed by atoms with Crippen molar-refractivity contribution in [3.05, 3.63) is 71.3 Å². The summed E-state index contributed by atoms with van der Waals surface area (Å²) in [6.07, 6.45) is 0.191. The Morgan fingerprint density at radius 1 is 1.00 bits per heavy atom. The van der Waals surface area contributed by atoms with Gasteiger partial charge in [0.05, 0.1) is 34.5 Å². The molecule has 1 aliphatic heterocycles. The minimum absolute atomic E-state index is 0.0169. The van der Waals surface area contributed by atoms with Crippen LogP contribution in [0.2, 0.25) is 0 Å². The molecule has 2 aliphatic rings. The van der Waals surface area contributed by atoms with Gasteiger partial charge in [-0.2, -0.15) is 0 Å². The van der Waals surface area contributed by atoms with E-state index in [-0.39, 0.29) is 18.0 Å². The van der Waals surface area contributed by atoms with E-state index in [0.29, 0.717) is 16.9 Å². The van der Waals surface area contributed by atoms with Crippen molar-refractivity contribution in [1.82, 2.24) is 5.16 Å². The number of rotatable bonds is 3. The quantitative estimate of drug-likeness (QED) is 0.389. The molecule has 6 nitrogen and oxygen atoms in total. The summed E-state index contributed by atoms with van der Waals surface area (Å²) >= 11 is 0. The molecule has 6 heteroatoms. The average Bonchev–Trinajstić information content (AvgIpc) is 3.22. The van der Waals surface area contributed by atoms with Gasteiger partial charge in [0.15, 0.2) is 11.5 Å². The molecule has 33 heavy (non-hydrogen) atoms. The maximum absolute atomic E-state index is 13.7. The maximum Gasteiger partial charge on any atom is 0.196 e. The van der Waals surface area contributed by atoms with Gasteiger partial charge in [-0.15, -0.1) is 0 Å². The molecule has 1 aromatic heterocycles. The van der Waals surface area contributed by atoms with Gasteiger partial charge in [0.1, 0.15) is 5.52 Å². The highest BCUT2D eigenvalue weighted by Gasteiger charge is 2.34. The fourth-order valence-electron chi connectivity index (χ4n) is 5.13. The predicted octanol–water partition coefficient (Wildman–Crippen LogP) is 5.70. The maximum atomic E-state index is 13.7. The lowest BCUT2D eigenvalue weighted by Gasteiger charge is -2.37. The van der Waals surface area contributed by atoms with Crippen molar-refractivity contribution in [2.24, 2.45) is 0 Å². The van der Waals surface area contributed by atoms with Gasteiger partial charge in [-0.05, 0) is 44.5 Å². The molecule has 0 radical (unpaired) electrons. The molecule has 1 fully saturated rings. The molecule has 0 spiro atoms. The van der Waals surface area contributed by atoms with Gasteiger partial charge in [-0.25, -0.2) is 0 Å². The number of hydrogen-bond donors (Lipinski definition) is 1. The molecule has 1 N–H and O–H groups in total. The fraction of sp³-hybridized carbons (Fsp3) is 0.259. The summed E-state index contributed by atoms with van der Waals surface area (Å²) in [4.78, 5) is 16.0. The first kappa shape index (κ1) is 20.0. The number of morpholine rings is 1. The number of anilines is 3. The molecule has 1 saturated heterocycles. The molecule has 0 amide bonds.